The summed E-state index contributed by atoms with van der Waals surface area (Å²) >= 11 is 0. The van der Waals surface area contributed by atoms with E-state index in [1.165, 1.54) is 0 Å². The van der Waals surface area contributed by atoms with E-state index in [9.17, 15) is 0 Å². The number of fused-ring (bicyclic) bond motifs is 1. The summed E-state index contributed by atoms with van der Waals surface area (Å²) in [6, 6.07) is 6.11. The number of anilines is 1. The Balaban J connectivity index is 2.60. The fourth-order valence-electron chi connectivity index (χ4n) is 1.49. The molecule has 0 fully saturated rings. The highest BCUT2D eigenvalue weighted by Gasteiger charge is 2.02. The Kier molecular flexibility index (Phi) is 1.93. The second-order valence-corrected chi connectivity index (χ2v) is 3.05. The Hall–Kier alpha value is -1.51. The molecule has 0 spiro atoms. The number of rotatable bonds is 2. The normalized spacial score (nSPS) is 10.6. The molecule has 0 atom stereocenters. The maximum atomic E-state index is 4.41. The molecule has 3 heteroatoms. The van der Waals surface area contributed by atoms with Crippen LogP contribution >= 0.6 is 0 Å². The molecule has 2 N–H and O–H groups in total. The lowest BCUT2D eigenvalue weighted by Crippen LogP contribution is -1.96. The van der Waals surface area contributed by atoms with Gasteiger partial charge < -0.3 is 10.3 Å². The number of hydrogen-bond donors (Lipinski definition) is 2. The number of para-hydroxylation sites is 1. The third-order valence-electron chi connectivity index (χ3n) is 2.00. The second-order valence-electron chi connectivity index (χ2n) is 3.05. The number of nitrogens with one attached hydrogen (secondary N) is 2. The highest BCUT2D eigenvalue weighted by molar-refractivity contribution is 5.88. The largest absolute Gasteiger partial charge is 0.384 e. The van der Waals surface area contributed by atoms with E-state index in [0.29, 0.717) is 0 Å². The van der Waals surface area contributed by atoms with Crippen LogP contribution in [0, 0.1) is 6.92 Å². The highest BCUT2D eigenvalue weighted by Crippen LogP contribution is 2.20. The molecule has 0 amide bonds. The Morgan fingerprint density at radius 2 is 2.31 bits per heavy atom. The van der Waals surface area contributed by atoms with E-state index in [1.807, 2.05) is 25.1 Å². The lowest BCUT2D eigenvalue weighted by Gasteiger charge is -2.02. The van der Waals surface area contributed by atoms with Gasteiger partial charge in [0, 0.05) is 6.54 Å². The fourth-order valence-corrected chi connectivity index (χ4v) is 1.49. The molecule has 0 bridgehead atoms. The number of imidazole rings is 1. The average molecular weight is 175 g/mol. The zero-order valence-corrected chi connectivity index (χ0v) is 7.89. The molecule has 0 unspecified atom stereocenters. The van der Waals surface area contributed by atoms with Crippen molar-refractivity contribution >= 4 is 16.7 Å². The van der Waals surface area contributed by atoms with Gasteiger partial charge in [0.05, 0.1) is 11.2 Å². The van der Waals surface area contributed by atoms with Crippen LogP contribution in [0.2, 0.25) is 0 Å². The molecule has 0 aliphatic heterocycles. The maximum Gasteiger partial charge on any atom is 0.112 e. The first-order valence-electron chi connectivity index (χ1n) is 4.50. The Labute approximate surface area is 77.2 Å². The molecule has 1 heterocycles. The van der Waals surface area contributed by atoms with Gasteiger partial charge in [0.1, 0.15) is 11.3 Å². The first kappa shape index (κ1) is 8.10. The van der Waals surface area contributed by atoms with Gasteiger partial charge in [-0.25, -0.2) is 4.98 Å². The standard InChI is InChI=1S/C10H13N3/c1-3-11-8-5-4-6-9-10(8)13-7(2)12-9/h4-6,11H,3H2,1-2H3,(H,12,13). The van der Waals surface area contributed by atoms with Gasteiger partial charge in [0.2, 0.25) is 0 Å². The van der Waals surface area contributed by atoms with Gasteiger partial charge in [0.25, 0.3) is 0 Å². The summed E-state index contributed by atoms with van der Waals surface area (Å²) in [5, 5.41) is 3.28. The Morgan fingerprint density at radius 1 is 1.46 bits per heavy atom. The van der Waals surface area contributed by atoms with Crippen molar-refractivity contribution in [2.75, 3.05) is 11.9 Å². The van der Waals surface area contributed by atoms with E-state index in [2.05, 4.69) is 22.2 Å². The SMILES string of the molecule is CCNc1cccc2[nH]c(C)nc12. The van der Waals surface area contributed by atoms with Crippen molar-refractivity contribution in [3.63, 3.8) is 0 Å². The molecular weight excluding hydrogens is 162 g/mol. The first-order chi connectivity index (χ1) is 6.31. The van der Waals surface area contributed by atoms with E-state index < -0.39 is 0 Å². The molecular formula is C10H13N3. The van der Waals surface area contributed by atoms with Gasteiger partial charge in [-0.15, -0.1) is 0 Å². The van der Waals surface area contributed by atoms with Crippen LogP contribution in [-0.2, 0) is 0 Å². The van der Waals surface area contributed by atoms with Crippen LogP contribution in [-0.4, -0.2) is 16.5 Å². The van der Waals surface area contributed by atoms with Gasteiger partial charge in [-0.1, -0.05) is 6.07 Å². The van der Waals surface area contributed by atoms with Crippen LogP contribution in [0.1, 0.15) is 12.7 Å². The molecule has 68 valence electrons. The van der Waals surface area contributed by atoms with Gasteiger partial charge in [-0.2, -0.15) is 0 Å². The summed E-state index contributed by atoms with van der Waals surface area (Å²) < 4.78 is 0. The summed E-state index contributed by atoms with van der Waals surface area (Å²) in [5.74, 6) is 0.959. The number of aryl methyl sites for hydroxylation is 1. The van der Waals surface area contributed by atoms with E-state index in [4.69, 9.17) is 0 Å². The molecule has 2 aromatic rings. The molecule has 0 aliphatic rings. The third kappa shape index (κ3) is 1.37. The predicted octanol–water partition coefficient (Wildman–Crippen LogP) is 2.30. The fraction of sp³-hybridized carbons (Fsp3) is 0.300. The van der Waals surface area contributed by atoms with Crippen molar-refractivity contribution in [1.82, 2.24) is 9.97 Å². The van der Waals surface area contributed by atoms with E-state index in [0.717, 1.165) is 29.1 Å². The highest BCUT2D eigenvalue weighted by atomic mass is 15.0. The van der Waals surface area contributed by atoms with Crippen LogP contribution in [0.25, 0.3) is 11.0 Å². The summed E-state index contributed by atoms with van der Waals surface area (Å²) in [4.78, 5) is 7.62. The summed E-state index contributed by atoms with van der Waals surface area (Å²) in [5.41, 5.74) is 3.22. The maximum absolute atomic E-state index is 4.41. The minimum absolute atomic E-state index is 0.922. The summed E-state index contributed by atoms with van der Waals surface area (Å²) in [7, 11) is 0. The molecule has 1 aromatic carbocycles. The van der Waals surface area contributed by atoms with Crippen molar-refractivity contribution in [2.24, 2.45) is 0 Å². The first-order valence-corrected chi connectivity index (χ1v) is 4.50. The molecule has 3 nitrogen and oxygen atoms in total. The lowest BCUT2D eigenvalue weighted by molar-refractivity contribution is 1.17. The monoisotopic (exact) mass is 175 g/mol. The second kappa shape index (κ2) is 3.09. The number of H-pyrrole nitrogens is 1. The summed E-state index contributed by atoms with van der Waals surface area (Å²) in [6.07, 6.45) is 0. The Bertz CT molecular complexity index is 417. The van der Waals surface area contributed by atoms with Crippen molar-refractivity contribution < 1.29 is 0 Å². The molecule has 0 saturated heterocycles. The third-order valence-corrected chi connectivity index (χ3v) is 2.00. The molecule has 0 saturated carbocycles. The topological polar surface area (TPSA) is 40.7 Å². The van der Waals surface area contributed by atoms with Crippen molar-refractivity contribution in [1.29, 1.82) is 0 Å². The molecule has 2 rings (SSSR count). The number of aromatic amines is 1. The summed E-state index contributed by atoms with van der Waals surface area (Å²) in [6.45, 7) is 4.97. The predicted molar refractivity (Wildman–Crippen MR) is 55.0 cm³/mol. The van der Waals surface area contributed by atoms with Crippen molar-refractivity contribution in [3.8, 4) is 0 Å². The van der Waals surface area contributed by atoms with Gasteiger partial charge in [0.15, 0.2) is 0 Å². The quantitative estimate of drug-likeness (QED) is 0.735. The van der Waals surface area contributed by atoms with Gasteiger partial charge in [-0.05, 0) is 26.0 Å². The van der Waals surface area contributed by atoms with E-state index in [-0.39, 0.29) is 0 Å². The van der Waals surface area contributed by atoms with Crippen LogP contribution in [0.3, 0.4) is 0 Å². The van der Waals surface area contributed by atoms with Gasteiger partial charge in [-0.3, -0.25) is 0 Å². The molecule has 13 heavy (non-hydrogen) atoms. The Morgan fingerprint density at radius 3 is 3.08 bits per heavy atom. The van der Waals surface area contributed by atoms with Crippen molar-refractivity contribution in [2.45, 2.75) is 13.8 Å². The van der Waals surface area contributed by atoms with E-state index >= 15 is 0 Å². The molecule has 1 aromatic heterocycles. The van der Waals surface area contributed by atoms with Crippen LogP contribution in [0.4, 0.5) is 5.69 Å². The van der Waals surface area contributed by atoms with E-state index in [1.54, 1.807) is 0 Å². The van der Waals surface area contributed by atoms with Crippen LogP contribution < -0.4 is 5.32 Å². The smallest absolute Gasteiger partial charge is 0.112 e. The number of hydrogen-bond acceptors (Lipinski definition) is 2. The zero-order valence-electron chi connectivity index (χ0n) is 7.89. The minimum Gasteiger partial charge on any atom is -0.384 e. The van der Waals surface area contributed by atoms with Crippen molar-refractivity contribution in [3.05, 3.63) is 24.0 Å². The lowest BCUT2D eigenvalue weighted by atomic mass is 10.2. The molecule has 0 aliphatic carbocycles. The average Bonchev–Trinajstić information content (AvgIpc) is 2.47. The minimum atomic E-state index is 0.922. The van der Waals surface area contributed by atoms with Gasteiger partial charge >= 0.3 is 0 Å². The number of benzene rings is 1. The van der Waals surface area contributed by atoms with Crippen LogP contribution in [0.5, 0.6) is 0 Å². The van der Waals surface area contributed by atoms with Crippen LogP contribution in [0.15, 0.2) is 18.2 Å². The molecule has 0 radical (unpaired) electrons. The number of aromatic nitrogens is 2. The number of nitrogens with zero attached hydrogens (tertiary/aromatic N) is 1. The zero-order chi connectivity index (χ0) is 9.26.